The molecule has 0 N–H and O–H groups in total. The van der Waals surface area contributed by atoms with Crippen LogP contribution in [0.25, 0.3) is 0 Å². The first-order valence-electron chi connectivity index (χ1n) is 5.14. The molecule has 0 aromatic carbocycles. The predicted octanol–water partition coefficient (Wildman–Crippen LogP) is 1.80. The molecule has 1 heterocycles. The van der Waals surface area contributed by atoms with Crippen LogP contribution in [0.15, 0.2) is 18.2 Å². The molecule has 0 aliphatic rings. The van der Waals surface area contributed by atoms with Crippen LogP contribution in [-0.2, 0) is 11.3 Å². The zero-order valence-corrected chi connectivity index (χ0v) is 9.82. The molecule has 0 amide bonds. The minimum atomic E-state index is -0.0488. The third-order valence-electron chi connectivity index (χ3n) is 2.61. The van der Waals surface area contributed by atoms with E-state index in [1.165, 1.54) is 0 Å². The number of carbonyl (C=O) groups is 1. The Labute approximate surface area is 91.1 Å². The van der Waals surface area contributed by atoms with E-state index in [0.717, 1.165) is 11.4 Å². The minimum Gasteiger partial charge on any atom is -0.298 e. The third-order valence-corrected chi connectivity index (χ3v) is 2.61. The monoisotopic (exact) mass is 206 g/mol. The zero-order chi connectivity index (χ0) is 11.4. The summed E-state index contributed by atoms with van der Waals surface area (Å²) in [4.78, 5) is 17.6. The van der Waals surface area contributed by atoms with Crippen LogP contribution < -0.4 is 0 Å². The molecule has 0 saturated carbocycles. The average Bonchev–Trinajstić information content (AvgIpc) is 2.16. The van der Waals surface area contributed by atoms with Gasteiger partial charge in [-0.15, -0.1) is 0 Å². The van der Waals surface area contributed by atoms with Gasteiger partial charge in [0.2, 0.25) is 0 Å². The first-order valence-corrected chi connectivity index (χ1v) is 5.14. The van der Waals surface area contributed by atoms with Crippen LogP contribution in [0.1, 0.15) is 25.2 Å². The lowest BCUT2D eigenvalue weighted by Gasteiger charge is -2.21. The van der Waals surface area contributed by atoms with Gasteiger partial charge in [-0.05, 0) is 40.0 Å². The number of hydrogen-bond acceptors (Lipinski definition) is 3. The summed E-state index contributed by atoms with van der Waals surface area (Å²) in [6, 6.07) is 5.89. The maximum absolute atomic E-state index is 11.2. The molecule has 0 spiro atoms. The van der Waals surface area contributed by atoms with Gasteiger partial charge in [-0.2, -0.15) is 0 Å². The molecule has 1 aromatic rings. The number of aromatic nitrogens is 1. The highest BCUT2D eigenvalue weighted by Gasteiger charge is 2.14. The van der Waals surface area contributed by atoms with Crippen LogP contribution in [0.3, 0.4) is 0 Å². The third kappa shape index (κ3) is 3.44. The molecule has 1 atom stereocenters. The normalized spacial score (nSPS) is 12.9. The number of nitrogens with zero attached hydrogens (tertiary/aromatic N) is 2. The highest BCUT2D eigenvalue weighted by molar-refractivity contribution is 5.80. The molecule has 0 fully saturated rings. The van der Waals surface area contributed by atoms with Crippen LogP contribution >= 0.6 is 0 Å². The van der Waals surface area contributed by atoms with Gasteiger partial charge in [-0.1, -0.05) is 6.07 Å². The molecular weight excluding hydrogens is 188 g/mol. The summed E-state index contributed by atoms with van der Waals surface area (Å²) >= 11 is 0. The van der Waals surface area contributed by atoms with Gasteiger partial charge < -0.3 is 0 Å². The van der Waals surface area contributed by atoms with Crippen LogP contribution in [0.5, 0.6) is 0 Å². The SMILES string of the molecule is CC(=O)C(C)N(C)Cc1cccc(C)n1. The second kappa shape index (κ2) is 5.03. The Hall–Kier alpha value is -1.22. The Morgan fingerprint density at radius 2 is 2.20 bits per heavy atom. The van der Waals surface area contributed by atoms with Gasteiger partial charge in [0.05, 0.1) is 11.7 Å². The van der Waals surface area contributed by atoms with Crippen molar-refractivity contribution in [2.45, 2.75) is 33.4 Å². The Morgan fingerprint density at radius 3 is 2.73 bits per heavy atom. The molecule has 0 bridgehead atoms. The Morgan fingerprint density at radius 1 is 1.53 bits per heavy atom. The van der Waals surface area contributed by atoms with Crippen LogP contribution in [0.2, 0.25) is 0 Å². The first kappa shape index (κ1) is 11.9. The summed E-state index contributed by atoms with van der Waals surface area (Å²) in [5.74, 6) is 0.185. The fourth-order valence-electron chi connectivity index (χ4n) is 1.39. The second-order valence-electron chi connectivity index (χ2n) is 3.97. The topological polar surface area (TPSA) is 33.2 Å². The van der Waals surface area contributed by atoms with Crippen LogP contribution in [0, 0.1) is 6.92 Å². The van der Waals surface area contributed by atoms with E-state index in [1.54, 1.807) is 6.92 Å². The molecule has 3 heteroatoms. The van der Waals surface area contributed by atoms with Gasteiger partial charge in [-0.25, -0.2) is 0 Å². The summed E-state index contributed by atoms with van der Waals surface area (Å²) in [6.07, 6.45) is 0. The van der Waals surface area contributed by atoms with Crippen molar-refractivity contribution in [3.63, 3.8) is 0 Å². The van der Waals surface area contributed by atoms with E-state index in [4.69, 9.17) is 0 Å². The van der Waals surface area contributed by atoms with Crippen molar-refractivity contribution < 1.29 is 4.79 Å². The maximum Gasteiger partial charge on any atom is 0.146 e. The lowest BCUT2D eigenvalue weighted by atomic mass is 10.2. The number of ketones is 1. The lowest BCUT2D eigenvalue weighted by molar-refractivity contribution is -0.121. The van der Waals surface area contributed by atoms with E-state index in [1.807, 2.05) is 44.0 Å². The van der Waals surface area contributed by atoms with Crippen molar-refractivity contribution >= 4 is 5.78 Å². The van der Waals surface area contributed by atoms with Gasteiger partial charge in [-0.3, -0.25) is 14.7 Å². The van der Waals surface area contributed by atoms with E-state index in [2.05, 4.69) is 4.98 Å². The molecule has 82 valence electrons. The molecular formula is C12H18N2O. The predicted molar refractivity (Wildman–Crippen MR) is 60.6 cm³/mol. The highest BCUT2D eigenvalue weighted by Crippen LogP contribution is 2.05. The van der Waals surface area contributed by atoms with E-state index in [9.17, 15) is 4.79 Å². The standard InChI is InChI=1S/C12H18N2O/c1-9-6-5-7-12(13-9)8-14(4)10(2)11(3)15/h5-7,10H,8H2,1-4H3. The average molecular weight is 206 g/mol. The summed E-state index contributed by atoms with van der Waals surface area (Å²) in [5, 5.41) is 0. The first-order chi connectivity index (χ1) is 7.00. The van der Waals surface area contributed by atoms with Crippen LogP contribution in [0.4, 0.5) is 0 Å². The van der Waals surface area contributed by atoms with Gasteiger partial charge in [0.1, 0.15) is 5.78 Å². The van der Waals surface area contributed by atoms with Gasteiger partial charge in [0.25, 0.3) is 0 Å². The van der Waals surface area contributed by atoms with Crippen molar-refractivity contribution in [1.29, 1.82) is 0 Å². The molecule has 0 radical (unpaired) electrons. The molecule has 1 aromatic heterocycles. The van der Waals surface area contributed by atoms with Gasteiger partial charge >= 0.3 is 0 Å². The summed E-state index contributed by atoms with van der Waals surface area (Å²) in [7, 11) is 1.94. The Kier molecular flexibility index (Phi) is 3.97. The molecule has 15 heavy (non-hydrogen) atoms. The summed E-state index contributed by atoms with van der Waals surface area (Å²) in [6.45, 7) is 6.21. The maximum atomic E-state index is 11.2. The van der Waals surface area contributed by atoms with Crippen molar-refractivity contribution in [3.05, 3.63) is 29.6 Å². The number of likely N-dealkylation sites (N-methyl/N-ethyl adjacent to an activating group) is 1. The van der Waals surface area contributed by atoms with E-state index in [-0.39, 0.29) is 11.8 Å². The van der Waals surface area contributed by atoms with Gasteiger partial charge in [0.15, 0.2) is 0 Å². The quantitative estimate of drug-likeness (QED) is 0.753. The highest BCUT2D eigenvalue weighted by atomic mass is 16.1. The fraction of sp³-hybridized carbons (Fsp3) is 0.500. The smallest absolute Gasteiger partial charge is 0.146 e. The Bertz CT molecular complexity index is 349. The number of pyridine rings is 1. The molecule has 0 aliphatic heterocycles. The molecule has 0 aliphatic carbocycles. The number of carbonyl (C=O) groups excluding carboxylic acids is 1. The van der Waals surface area contributed by atoms with Crippen molar-refractivity contribution in [2.75, 3.05) is 7.05 Å². The van der Waals surface area contributed by atoms with E-state index >= 15 is 0 Å². The molecule has 0 saturated heterocycles. The van der Waals surface area contributed by atoms with Crippen LogP contribution in [-0.4, -0.2) is 28.8 Å². The number of rotatable bonds is 4. The number of Topliss-reactive ketones (excluding diaryl/α,β-unsaturated/α-hetero) is 1. The minimum absolute atomic E-state index is 0.0488. The second-order valence-corrected chi connectivity index (χ2v) is 3.97. The fourth-order valence-corrected chi connectivity index (χ4v) is 1.39. The number of hydrogen-bond donors (Lipinski definition) is 0. The summed E-state index contributed by atoms with van der Waals surface area (Å²) in [5.41, 5.74) is 2.02. The van der Waals surface area contributed by atoms with Crippen molar-refractivity contribution in [1.82, 2.24) is 9.88 Å². The molecule has 3 nitrogen and oxygen atoms in total. The largest absolute Gasteiger partial charge is 0.298 e. The molecule has 1 rings (SSSR count). The van der Waals surface area contributed by atoms with Gasteiger partial charge in [0, 0.05) is 12.2 Å². The van der Waals surface area contributed by atoms with Crippen molar-refractivity contribution in [2.24, 2.45) is 0 Å². The van der Waals surface area contributed by atoms with E-state index < -0.39 is 0 Å². The van der Waals surface area contributed by atoms with Crippen molar-refractivity contribution in [3.8, 4) is 0 Å². The lowest BCUT2D eigenvalue weighted by Crippen LogP contribution is -2.34. The zero-order valence-electron chi connectivity index (χ0n) is 9.82. The number of aryl methyl sites for hydroxylation is 1. The Balaban J connectivity index is 2.66. The summed E-state index contributed by atoms with van der Waals surface area (Å²) < 4.78 is 0. The van der Waals surface area contributed by atoms with E-state index in [0.29, 0.717) is 6.54 Å². The molecule has 1 unspecified atom stereocenters.